The summed E-state index contributed by atoms with van der Waals surface area (Å²) in [6, 6.07) is 0. The Morgan fingerprint density at radius 3 is 2.96 bits per heavy atom. The van der Waals surface area contributed by atoms with Crippen molar-refractivity contribution < 1.29 is 4.79 Å². The van der Waals surface area contributed by atoms with Crippen molar-refractivity contribution in [3.63, 3.8) is 0 Å². The fourth-order valence-electron chi connectivity index (χ4n) is 4.04. The minimum Gasteiger partial charge on any atom is -0.345 e. The molecule has 3 aliphatic carbocycles. The molecule has 1 N–H and O–H groups in total. The second-order valence-corrected chi connectivity index (χ2v) is 7.36. The topological polar surface area (TPSA) is 72.7 Å². The third kappa shape index (κ3) is 1.93. The van der Waals surface area contributed by atoms with Gasteiger partial charge in [-0.25, -0.2) is 9.67 Å². The smallest absolute Gasteiger partial charge is 0.272 e. The molecule has 0 spiro atoms. The van der Waals surface area contributed by atoms with Gasteiger partial charge < -0.3 is 5.32 Å². The molecule has 2 aromatic heterocycles. The summed E-state index contributed by atoms with van der Waals surface area (Å²) in [6.07, 6.45) is 10.5. The van der Waals surface area contributed by atoms with E-state index in [-0.39, 0.29) is 11.4 Å². The molecule has 2 saturated carbocycles. The van der Waals surface area contributed by atoms with Gasteiger partial charge in [-0.1, -0.05) is 0 Å². The molecular weight excluding hydrogens is 290 g/mol. The fraction of sp³-hybridized carbons (Fsp3) is 0.529. The van der Waals surface area contributed by atoms with E-state index in [0.29, 0.717) is 23.3 Å². The SMILES string of the molecule is CC1(NC(=O)c2nn(-c3cnccn3)c3c2C[C@H]2C[C@@H]32)CCC1. The van der Waals surface area contributed by atoms with Crippen LogP contribution in [0.5, 0.6) is 0 Å². The first-order chi connectivity index (χ1) is 11.1. The van der Waals surface area contributed by atoms with Gasteiger partial charge in [0, 0.05) is 29.4 Å². The highest BCUT2D eigenvalue weighted by molar-refractivity contribution is 5.95. The summed E-state index contributed by atoms with van der Waals surface area (Å²) in [5, 5.41) is 7.81. The normalized spacial score (nSPS) is 26.1. The summed E-state index contributed by atoms with van der Waals surface area (Å²) in [5.41, 5.74) is 2.84. The van der Waals surface area contributed by atoms with E-state index in [4.69, 9.17) is 0 Å². The van der Waals surface area contributed by atoms with Crippen molar-refractivity contribution in [2.45, 2.75) is 50.5 Å². The van der Waals surface area contributed by atoms with Crippen LogP contribution >= 0.6 is 0 Å². The van der Waals surface area contributed by atoms with Gasteiger partial charge in [-0.15, -0.1) is 0 Å². The molecule has 23 heavy (non-hydrogen) atoms. The molecule has 0 saturated heterocycles. The van der Waals surface area contributed by atoms with Crippen molar-refractivity contribution in [1.82, 2.24) is 25.1 Å². The summed E-state index contributed by atoms with van der Waals surface area (Å²) in [5.74, 6) is 1.90. The number of nitrogens with zero attached hydrogens (tertiary/aromatic N) is 4. The Hall–Kier alpha value is -2.24. The molecule has 2 aromatic rings. The summed E-state index contributed by atoms with van der Waals surface area (Å²) >= 11 is 0. The van der Waals surface area contributed by atoms with Crippen LogP contribution in [0, 0.1) is 5.92 Å². The molecule has 1 amide bonds. The number of hydrogen-bond donors (Lipinski definition) is 1. The van der Waals surface area contributed by atoms with Crippen molar-refractivity contribution in [3.8, 4) is 5.82 Å². The molecule has 0 bridgehead atoms. The number of carbonyl (C=O) groups excluding carboxylic acids is 1. The van der Waals surface area contributed by atoms with E-state index in [1.54, 1.807) is 18.6 Å². The Morgan fingerprint density at radius 2 is 2.26 bits per heavy atom. The van der Waals surface area contributed by atoms with E-state index < -0.39 is 0 Å². The predicted molar refractivity (Wildman–Crippen MR) is 83.4 cm³/mol. The molecule has 2 fully saturated rings. The minimum absolute atomic E-state index is 0.0348. The highest BCUT2D eigenvalue weighted by Gasteiger charge is 2.50. The van der Waals surface area contributed by atoms with E-state index in [1.165, 1.54) is 18.5 Å². The molecule has 0 radical (unpaired) electrons. The largest absolute Gasteiger partial charge is 0.345 e. The molecule has 6 heteroatoms. The van der Waals surface area contributed by atoms with Crippen LogP contribution in [0.2, 0.25) is 0 Å². The molecule has 118 valence electrons. The van der Waals surface area contributed by atoms with E-state index in [0.717, 1.165) is 24.8 Å². The number of aromatic nitrogens is 4. The first kappa shape index (κ1) is 13.2. The molecular formula is C17H19N5O. The number of fused-ring (bicyclic) bond motifs is 3. The monoisotopic (exact) mass is 309 g/mol. The van der Waals surface area contributed by atoms with Gasteiger partial charge in [0.2, 0.25) is 0 Å². The average Bonchev–Trinajstić information content (AvgIpc) is 3.03. The number of hydrogen-bond acceptors (Lipinski definition) is 4. The van der Waals surface area contributed by atoms with Crippen molar-refractivity contribution in [3.05, 3.63) is 35.5 Å². The van der Waals surface area contributed by atoms with Gasteiger partial charge in [-0.3, -0.25) is 9.78 Å². The van der Waals surface area contributed by atoms with Crippen molar-refractivity contribution >= 4 is 5.91 Å². The van der Waals surface area contributed by atoms with Crippen LogP contribution in [-0.4, -0.2) is 31.2 Å². The van der Waals surface area contributed by atoms with Crippen molar-refractivity contribution in [1.29, 1.82) is 0 Å². The summed E-state index contributed by atoms with van der Waals surface area (Å²) < 4.78 is 1.85. The van der Waals surface area contributed by atoms with Gasteiger partial charge in [0.1, 0.15) is 0 Å². The standard InChI is InChI=1S/C17H19N5O/c1-17(3-2-4-17)20-16(23)14-12-8-10-7-11(10)15(12)22(21-14)13-9-18-5-6-19-13/h5-6,9-11H,2-4,7-8H2,1H3,(H,20,23)/t10-,11-/m1/s1. The number of carbonyl (C=O) groups is 1. The van der Waals surface area contributed by atoms with E-state index >= 15 is 0 Å². The highest BCUT2D eigenvalue weighted by atomic mass is 16.2. The average molecular weight is 309 g/mol. The van der Waals surface area contributed by atoms with Crippen LogP contribution in [0.25, 0.3) is 5.82 Å². The van der Waals surface area contributed by atoms with Gasteiger partial charge in [-0.05, 0) is 44.9 Å². The number of nitrogens with one attached hydrogen (secondary N) is 1. The Labute approximate surface area is 134 Å². The van der Waals surface area contributed by atoms with Crippen molar-refractivity contribution in [2.75, 3.05) is 0 Å². The Kier molecular flexibility index (Phi) is 2.53. The maximum Gasteiger partial charge on any atom is 0.272 e. The van der Waals surface area contributed by atoms with Crippen LogP contribution in [-0.2, 0) is 6.42 Å². The lowest BCUT2D eigenvalue weighted by Gasteiger charge is -2.38. The number of rotatable bonds is 3. The van der Waals surface area contributed by atoms with Crippen LogP contribution in [0.15, 0.2) is 18.6 Å². The molecule has 0 aromatic carbocycles. The first-order valence-corrected chi connectivity index (χ1v) is 8.35. The zero-order valence-electron chi connectivity index (χ0n) is 13.1. The second kappa shape index (κ2) is 4.40. The molecule has 0 aliphatic heterocycles. The van der Waals surface area contributed by atoms with Gasteiger partial charge in [0.15, 0.2) is 11.5 Å². The summed E-state index contributed by atoms with van der Waals surface area (Å²) in [7, 11) is 0. The van der Waals surface area contributed by atoms with E-state index in [1.807, 2.05) is 4.68 Å². The van der Waals surface area contributed by atoms with Gasteiger partial charge in [-0.2, -0.15) is 5.10 Å². The predicted octanol–water partition coefficient (Wildman–Crippen LogP) is 1.99. The van der Waals surface area contributed by atoms with Gasteiger partial charge in [0.25, 0.3) is 5.91 Å². The summed E-state index contributed by atoms with van der Waals surface area (Å²) in [4.78, 5) is 21.3. The zero-order valence-corrected chi connectivity index (χ0v) is 13.1. The Morgan fingerprint density at radius 1 is 1.39 bits per heavy atom. The quantitative estimate of drug-likeness (QED) is 0.941. The van der Waals surface area contributed by atoms with Crippen LogP contribution in [0.3, 0.4) is 0 Å². The lowest BCUT2D eigenvalue weighted by Crippen LogP contribution is -2.51. The van der Waals surface area contributed by atoms with E-state index in [9.17, 15) is 4.79 Å². The third-order valence-corrected chi connectivity index (χ3v) is 5.62. The fourth-order valence-corrected chi connectivity index (χ4v) is 4.04. The van der Waals surface area contributed by atoms with Crippen LogP contribution in [0.4, 0.5) is 0 Å². The summed E-state index contributed by atoms with van der Waals surface area (Å²) in [6.45, 7) is 2.12. The Balaban J connectivity index is 1.55. The maximum atomic E-state index is 12.8. The third-order valence-electron chi connectivity index (χ3n) is 5.62. The highest BCUT2D eigenvalue weighted by Crippen LogP contribution is 2.57. The van der Waals surface area contributed by atoms with Gasteiger partial charge in [0.05, 0.1) is 11.9 Å². The number of amides is 1. The van der Waals surface area contributed by atoms with Gasteiger partial charge >= 0.3 is 0 Å². The second-order valence-electron chi connectivity index (χ2n) is 7.36. The molecule has 5 rings (SSSR count). The molecule has 3 aliphatic rings. The van der Waals surface area contributed by atoms with Crippen LogP contribution < -0.4 is 5.32 Å². The Bertz CT molecular complexity index is 793. The molecule has 2 heterocycles. The van der Waals surface area contributed by atoms with E-state index in [2.05, 4.69) is 27.3 Å². The van der Waals surface area contributed by atoms with Crippen LogP contribution in [0.1, 0.15) is 60.3 Å². The lowest BCUT2D eigenvalue weighted by molar-refractivity contribution is 0.0843. The molecule has 2 atom stereocenters. The molecule has 6 nitrogen and oxygen atoms in total. The first-order valence-electron chi connectivity index (χ1n) is 8.35. The lowest BCUT2D eigenvalue weighted by atomic mass is 9.78. The zero-order chi connectivity index (χ0) is 15.6. The van der Waals surface area contributed by atoms with Crippen molar-refractivity contribution in [2.24, 2.45) is 5.92 Å². The minimum atomic E-state index is -0.0537. The maximum absolute atomic E-state index is 12.8. The molecule has 0 unspecified atom stereocenters.